The predicted octanol–water partition coefficient (Wildman–Crippen LogP) is 2.67. The molecule has 8 heteroatoms. The number of rotatable bonds is 7. The maximum absolute atomic E-state index is 12.5. The number of benzene rings is 1. The van der Waals surface area contributed by atoms with Gasteiger partial charge in [0.15, 0.2) is 0 Å². The van der Waals surface area contributed by atoms with E-state index < -0.39 is 5.76 Å². The van der Waals surface area contributed by atoms with Crippen LogP contribution in [0.5, 0.6) is 0 Å². The first-order chi connectivity index (χ1) is 12.4. The Labute approximate surface area is 157 Å². The first-order valence-corrected chi connectivity index (χ1v) is 9.63. The summed E-state index contributed by atoms with van der Waals surface area (Å²) in [4.78, 5) is 28.7. The lowest BCUT2D eigenvalue weighted by atomic mass is 10.2. The van der Waals surface area contributed by atoms with E-state index in [1.54, 1.807) is 29.2 Å². The van der Waals surface area contributed by atoms with Crippen molar-refractivity contribution in [1.82, 2.24) is 15.1 Å². The molecule has 1 heterocycles. The number of alkyl halides is 2. The predicted molar refractivity (Wildman–Crippen MR) is 98.5 cm³/mol. The number of nitrogens with zero attached hydrogens (tertiary/aromatic N) is 2. The summed E-state index contributed by atoms with van der Waals surface area (Å²) in [6.45, 7) is 6.70. The zero-order valence-electron chi connectivity index (χ0n) is 15.1. The van der Waals surface area contributed by atoms with Gasteiger partial charge in [-0.2, -0.15) is 8.78 Å². The molecule has 0 saturated carbocycles. The lowest BCUT2D eigenvalue weighted by molar-refractivity contribution is -0.123. The van der Waals surface area contributed by atoms with E-state index in [1.165, 1.54) is 0 Å². The van der Waals surface area contributed by atoms with Crippen LogP contribution in [0, 0.1) is 0 Å². The molecule has 26 heavy (non-hydrogen) atoms. The Morgan fingerprint density at radius 3 is 2.31 bits per heavy atom. The van der Waals surface area contributed by atoms with Crippen LogP contribution in [0.4, 0.5) is 8.78 Å². The molecule has 1 fully saturated rings. The Morgan fingerprint density at radius 1 is 1.15 bits per heavy atom. The van der Waals surface area contributed by atoms with E-state index in [9.17, 15) is 18.4 Å². The largest absolute Gasteiger partial charge is 0.353 e. The van der Waals surface area contributed by atoms with Crippen LogP contribution in [-0.4, -0.2) is 66.1 Å². The van der Waals surface area contributed by atoms with E-state index in [0.717, 1.165) is 6.42 Å². The number of nitrogens with one attached hydrogen (secondary N) is 1. The SMILES string of the molecule is CCC(C)NC(=O)CN1CCN(C(=O)c2ccc(SC(F)F)cc2)CC1. The molecule has 1 atom stereocenters. The van der Waals surface area contributed by atoms with Crippen molar-refractivity contribution in [2.24, 2.45) is 0 Å². The van der Waals surface area contributed by atoms with Crippen molar-refractivity contribution in [3.8, 4) is 0 Å². The third-order valence-electron chi connectivity index (χ3n) is 4.37. The van der Waals surface area contributed by atoms with E-state index in [4.69, 9.17) is 0 Å². The van der Waals surface area contributed by atoms with Gasteiger partial charge in [-0.25, -0.2) is 0 Å². The van der Waals surface area contributed by atoms with Crippen LogP contribution in [0.2, 0.25) is 0 Å². The number of piperazine rings is 1. The molecule has 1 aliphatic heterocycles. The Hall–Kier alpha value is -1.67. The highest BCUT2D eigenvalue weighted by atomic mass is 32.2. The van der Waals surface area contributed by atoms with Gasteiger partial charge in [0.2, 0.25) is 5.91 Å². The molecule has 0 aliphatic carbocycles. The summed E-state index contributed by atoms with van der Waals surface area (Å²) in [5, 5.41) is 2.94. The van der Waals surface area contributed by atoms with Crippen molar-refractivity contribution in [3.63, 3.8) is 0 Å². The molecule has 1 saturated heterocycles. The first kappa shape index (κ1) is 20.6. The average molecular weight is 385 g/mol. The lowest BCUT2D eigenvalue weighted by Gasteiger charge is -2.34. The fourth-order valence-electron chi connectivity index (χ4n) is 2.70. The van der Waals surface area contributed by atoms with Gasteiger partial charge in [0.25, 0.3) is 11.7 Å². The van der Waals surface area contributed by atoms with Gasteiger partial charge in [0, 0.05) is 42.7 Å². The normalized spacial score (nSPS) is 16.6. The molecule has 0 bridgehead atoms. The number of thioether (sulfide) groups is 1. The molecule has 0 aromatic heterocycles. The fourth-order valence-corrected chi connectivity index (χ4v) is 3.20. The van der Waals surface area contributed by atoms with Gasteiger partial charge >= 0.3 is 0 Å². The topological polar surface area (TPSA) is 52.7 Å². The molecule has 5 nitrogen and oxygen atoms in total. The van der Waals surface area contributed by atoms with Crippen LogP contribution in [0.3, 0.4) is 0 Å². The smallest absolute Gasteiger partial charge is 0.288 e. The van der Waals surface area contributed by atoms with E-state index in [2.05, 4.69) is 5.32 Å². The Kier molecular flexibility index (Phi) is 7.84. The maximum atomic E-state index is 12.5. The van der Waals surface area contributed by atoms with Crippen molar-refractivity contribution < 1.29 is 18.4 Å². The Bertz CT molecular complexity index is 605. The summed E-state index contributed by atoms with van der Waals surface area (Å²) in [6.07, 6.45) is 0.891. The molecule has 1 aromatic carbocycles. The molecular weight excluding hydrogens is 360 g/mol. The van der Waals surface area contributed by atoms with Gasteiger partial charge in [-0.1, -0.05) is 18.7 Å². The summed E-state index contributed by atoms with van der Waals surface area (Å²) in [7, 11) is 0. The summed E-state index contributed by atoms with van der Waals surface area (Å²) in [6, 6.07) is 6.41. The van der Waals surface area contributed by atoms with Crippen LogP contribution in [-0.2, 0) is 4.79 Å². The number of carbonyl (C=O) groups is 2. The van der Waals surface area contributed by atoms with E-state index in [-0.39, 0.29) is 17.9 Å². The minimum absolute atomic E-state index is 0.00578. The monoisotopic (exact) mass is 385 g/mol. The van der Waals surface area contributed by atoms with Crippen molar-refractivity contribution in [2.45, 2.75) is 37.0 Å². The molecule has 1 N–H and O–H groups in total. The number of amides is 2. The highest BCUT2D eigenvalue weighted by molar-refractivity contribution is 7.99. The van der Waals surface area contributed by atoms with Gasteiger partial charge in [-0.05, 0) is 37.6 Å². The number of carbonyl (C=O) groups excluding carboxylic acids is 2. The zero-order valence-corrected chi connectivity index (χ0v) is 15.9. The van der Waals surface area contributed by atoms with Crippen LogP contribution < -0.4 is 5.32 Å². The van der Waals surface area contributed by atoms with Crippen molar-refractivity contribution in [2.75, 3.05) is 32.7 Å². The highest BCUT2D eigenvalue weighted by Crippen LogP contribution is 2.25. The second-order valence-corrected chi connectivity index (χ2v) is 7.41. The van der Waals surface area contributed by atoms with Crippen molar-refractivity contribution in [1.29, 1.82) is 0 Å². The van der Waals surface area contributed by atoms with Gasteiger partial charge in [0.1, 0.15) is 0 Å². The molecule has 0 spiro atoms. The summed E-state index contributed by atoms with van der Waals surface area (Å²) in [5.74, 6) is -2.57. The first-order valence-electron chi connectivity index (χ1n) is 8.75. The van der Waals surface area contributed by atoms with Crippen molar-refractivity contribution in [3.05, 3.63) is 29.8 Å². The molecule has 144 valence electrons. The quantitative estimate of drug-likeness (QED) is 0.734. The molecule has 2 amide bonds. The second kappa shape index (κ2) is 9.87. The number of hydrogen-bond donors (Lipinski definition) is 1. The van der Waals surface area contributed by atoms with Crippen LogP contribution in [0.1, 0.15) is 30.6 Å². The highest BCUT2D eigenvalue weighted by Gasteiger charge is 2.23. The molecule has 0 radical (unpaired) electrons. The van der Waals surface area contributed by atoms with Gasteiger partial charge in [-0.15, -0.1) is 0 Å². The summed E-state index contributed by atoms with van der Waals surface area (Å²) >= 11 is 0.463. The molecule has 1 unspecified atom stereocenters. The van der Waals surface area contributed by atoms with E-state index in [1.807, 2.05) is 18.7 Å². The van der Waals surface area contributed by atoms with Gasteiger partial charge < -0.3 is 10.2 Å². The summed E-state index contributed by atoms with van der Waals surface area (Å²) < 4.78 is 24.7. The van der Waals surface area contributed by atoms with Gasteiger partial charge in [-0.3, -0.25) is 14.5 Å². The summed E-state index contributed by atoms with van der Waals surface area (Å²) in [5.41, 5.74) is 0.492. The molecule has 1 aliphatic rings. The van der Waals surface area contributed by atoms with E-state index in [0.29, 0.717) is 54.9 Å². The number of halogens is 2. The third-order valence-corrected chi connectivity index (χ3v) is 5.10. The third kappa shape index (κ3) is 6.25. The lowest BCUT2D eigenvalue weighted by Crippen LogP contribution is -2.51. The second-order valence-electron chi connectivity index (χ2n) is 6.35. The van der Waals surface area contributed by atoms with Crippen LogP contribution in [0.25, 0.3) is 0 Å². The molecule has 2 rings (SSSR count). The average Bonchev–Trinajstić information content (AvgIpc) is 2.61. The molecule has 1 aromatic rings. The standard InChI is InChI=1S/C18H25F2N3O2S/c1-3-13(2)21-16(24)12-22-8-10-23(11-9-22)17(25)14-4-6-15(7-5-14)26-18(19)20/h4-7,13,18H,3,8-12H2,1-2H3,(H,21,24). The Morgan fingerprint density at radius 2 is 1.77 bits per heavy atom. The fraction of sp³-hybridized carbons (Fsp3) is 0.556. The minimum Gasteiger partial charge on any atom is -0.353 e. The van der Waals surface area contributed by atoms with Crippen molar-refractivity contribution >= 4 is 23.6 Å². The van der Waals surface area contributed by atoms with E-state index >= 15 is 0 Å². The van der Waals surface area contributed by atoms with Crippen LogP contribution >= 0.6 is 11.8 Å². The Balaban J connectivity index is 1.81. The van der Waals surface area contributed by atoms with Crippen LogP contribution in [0.15, 0.2) is 29.2 Å². The molecular formula is C18H25F2N3O2S. The minimum atomic E-state index is -2.47. The van der Waals surface area contributed by atoms with Gasteiger partial charge in [0.05, 0.1) is 6.54 Å². The zero-order chi connectivity index (χ0) is 19.1. The number of hydrogen-bond acceptors (Lipinski definition) is 4. The maximum Gasteiger partial charge on any atom is 0.288 e.